The molecular formula is C30H45N4O4+. The van der Waals surface area contributed by atoms with Crippen LogP contribution in [0.15, 0.2) is 54.6 Å². The van der Waals surface area contributed by atoms with Gasteiger partial charge in [0.25, 0.3) is 5.91 Å². The molecule has 208 valence electrons. The Morgan fingerprint density at radius 1 is 1.05 bits per heavy atom. The van der Waals surface area contributed by atoms with Gasteiger partial charge in [0.1, 0.15) is 24.8 Å². The number of benzene rings is 2. The Morgan fingerprint density at radius 3 is 2.34 bits per heavy atom. The summed E-state index contributed by atoms with van der Waals surface area (Å²) in [7, 11) is 1.90. The maximum Gasteiger partial charge on any atom is 0.407 e. The van der Waals surface area contributed by atoms with Crippen molar-refractivity contribution in [3.05, 3.63) is 65.7 Å². The van der Waals surface area contributed by atoms with E-state index >= 15 is 0 Å². The minimum atomic E-state index is -0.972. The number of nitrogens with zero attached hydrogens (tertiary/aromatic N) is 1. The van der Waals surface area contributed by atoms with Gasteiger partial charge in [0.05, 0.1) is 13.1 Å². The Labute approximate surface area is 227 Å². The number of carbonyl (C=O) groups is 2. The molecule has 0 heterocycles. The first-order chi connectivity index (χ1) is 17.9. The number of aliphatic hydroxyl groups is 1. The molecule has 1 aliphatic carbocycles. The Kier molecular flexibility index (Phi) is 10.2. The fourth-order valence-electron chi connectivity index (χ4n) is 5.12. The van der Waals surface area contributed by atoms with Gasteiger partial charge in [-0.1, -0.05) is 61.7 Å². The van der Waals surface area contributed by atoms with Crippen LogP contribution < -0.4 is 16.5 Å². The monoisotopic (exact) mass is 525 g/mol. The lowest BCUT2D eigenvalue weighted by atomic mass is 9.89. The van der Waals surface area contributed by atoms with Crippen molar-refractivity contribution in [3.63, 3.8) is 0 Å². The number of hydrogen-bond acceptors (Lipinski definition) is 5. The normalized spacial score (nSPS) is 17.6. The number of quaternary nitrogens is 1. The maximum atomic E-state index is 13.3. The molecule has 3 atom stereocenters. The van der Waals surface area contributed by atoms with Crippen LogP contribution in [0, 0.1) is 5.92 Å². The number of likely N-dealkylation sites (N-methyl/N-ethyl adjacent to an activating group) is 1. The number of amides is 2. The number of aliphatic hydroxyl groups excluding tert-OH is 1. The molecular weight excluding hydrogens is 480 g/mol. The molecule has 1 fully saturated rings. The highest BCUT2D eigenvalue weighted by atomic mass is 16.6. The number of ether oxygens (including phenoxy) is 1. The largest absolute Gasteiger partial charge is 0.444 e. The predicted molar refractivity (Wildman–Crippen MR) is 150 cm³/mol. The number of carbonyl (C=O) groups excluding carboxylic acids is 2. The molecule has 1 aliphatic rings. The van der Waals surface area contributed by atoms with Crippen LogP contribution in [0.4, 0.5) is 10.5 Å². The van der Waals surface area contributed by atoms with E-state index < -0.39 is 23.8 Å². The summed E-state index contributed by atoms with van der Waals surface area (Å²) in [5, 5.41) is 14.4. The third-order valence-electron chi connectivity index (χ3n) is 6.89. The first kappa shape index (κ1) is 29.5. The second-order valence-electron chi connectivity index (χ2n) is 11.8. The standard InChI is InChI=1S/C30H44N4O4/c1-30(2,3)38-29(37)32-26(19-22-12-7-5-8-13-22)27(35)21-34(4,20-23-14-11-17-25(31)18-23)33-28(36)24-15-9-6-10-16-24/h5,7-8,11-14,17-18,24,26-27,35H,6,9-10,15-16,19-21,31H2,1-4H3,(H-,32,33,36,37)/p+1/t26-,27-,34?/m0/s1. The zero-order valence-corrected chi connectivity index (χ0v) is 23.3. The summed E-state index contributed by atoms with van der Waals surface area (Å²) in [4.78, 5) is 26.0. The van der Waals surface area contributed by atoms with Crippen LogP contribution >= 0.6 is 0 Å². The molecule has 0 spiro atoms. The number of rotatable bonds is 10. The van der Waals surface area contributed by atoms with Crippen molar-refractivity contribution >= 4 is 17.7 Å². The quantitative estimate of drug-likeness (QED) is 0.210. The molecule has 2 aromatic rings. The molecule has 2 aromatic carbocycles. The fraction of sp³-hybridized carbons (Fsp3) is 0.533. The average Bonchev–Trinajstić information content (AvgIpc) is 2.83. The third-order valence-corrected chi connectivity index (χ3v) is 6.89. The van der Waals surface area contributed by atoms with Crippen molar-refractivity contribution in [2.45, 2.75) is 83.6 Å². The zero-order valence-electron chi connectivity index (χ0n) is 23.3. The number of alkyl carbamates (subject to hydrolysis) is 1. The van der Waals surface area contributed by atoms with E-state index in [4.69, 9.17) is 10.5 Å². The molecule has 5 N–H and O–H groups in total. The zero-order chi connectivity index (χ0) is 27.8. The highest BCUT2D eigenvalue weighted by molar-refractivity contribution is 5.77. The lowest BCUT2D eigenvalue weighted by molar-refractivity contribution is -0.959. The van der Waals surface area contributed by atoms with Crippen LogP contribution in [-0.4, -0.2) is 53.0 Å². The smallest absolute Gasteiger partial charge is 0.407 e. The highest BCUT2D eigenvalue weighted by Crippen LogP contribution is 2.25. The molecule has 1 unspecified atom stereocenters. The van der Waals surface area contributed by atoms with E-state index in [0.29, 0.717) is 18.7 Å². The predicted octanol–water partition coefficient (Wildman–Crippen LogP) is 4.32. The molecule has 0 aliphatic heterocycles. The Balaban J connectivity index is 1.83. The number of hydrogen-bond donors (Lipinski definition) is 4. The molecule has 0 saturated heterocycles. The van der Waals surface area contributed by atoms with Gasteiger partial charge >= 0.3 is 6.09 Å². The molecule has 0 radical (unpaired) electrons. The Morgan fingerprint density at radius 2 is 1.71 bits per heavy atom. The average molecular weight is 526 g/mol. The summed E-state index contributed by atoms with van der Waals surface area (Å²) in [6, 6.07) is 16.6. The number of nitrogens with one attached hydrogen (secondary N) is 2. The van der Waals surface area contributed by atoms with E-state index in [9.17, 15) is 14.7 Å². The second-order valence-corrected chi connectivity index (χ2v) is 11.8. The van der Waals surface area contributed by atoms with Crippen LogP contribution in [0.1, 0.15) is 64.0 Å². The van der Waals surface area contributed by atoms with Gasteiger partial charge in [-0.3, -0.25) is 4.79 Å². The van der Waals surface area contributed by atoms with Crippen LogP contribution in [0.5, 0.6) is 0 Å². The van der Waals surface area contributed by atoms with Crippen molar-refractivity contribution in [2.24, 2.45) is 5.92 Å². The van der Waals surface area contributed by atoms with Gasteiger partial charge in [-0.2, -0.15) is 0 Å². The van der Waals surface area contributed by atoms with Crippen LogP contribution in [-0.2, 0) is 22.5 Å². The second kappa shape index (κ2) is 13.1. The van der Waals surface area contributed by atoms with Gasteiger partial charge in [-0.25, -0.2) is 14.8 Å². The van der Waals surface area contributed by atoms with E-state index in [0.717, 1.165) is 43.2 Å². The van der Waals surface area contributed by atoms with E-state index in [1.54, 1.807) is 20.8 Å². The van der Waals surface area contributed by atoms with E-state index in [1.165, 1.54) is 0 Å². The van der Waals surface area contributed by atoms with Gasteiger partial charge in [-0.05, 0) is 57.7 Å². The lowest BCUT2D eigenvalue weighted by Gasteiger charge is -2.38. The van der Waals surface area contributed by atoms with E-state index in [-0.39, 0.29) is 23.0 Å². The van der Waals surface area contributed by atoms with Gasteiger partial charge in [0.2, 0.25) is 0 Å². The maximum absolute atomic E-state index is 13.3. The molecule has 2 amide bonds. The van der Waals surface area contributed by atoms with E-state index in [1.807, 2.05) is 61.6 Å². The van der Waals surface area contributed by atoms with Crippen LogP contribution in [0.25, 0.3) is 0 Å². The molecule has 38 heavy (non-hydrogen) atoms. The summed E-state index contributed by atoms with van der Waals surface area (Å²) in [6.07, 6.45) is 3.88. The molecule has 1 saturated carbocycles. The van der Waals surface area contributed by atoms with Crippen molar-refractivity contribution < 1.29 is 24.0 Å². The minimum Gasteiger partial charge on any atom is -0.444 e. The molecule has 8 nitrogen and oxygen atoms in total. The minimum absolute atomic E-state index is 0.00279. The number of nitrogen functional groups attached to an aromatic ring is 1. The SMILES string of the molecule is CC(C)(C)OC(=O)N[C@@H](Cc1ccccc1)[C@@H](O)C[N+](C)(Cc1cccc(N)c1)NC(=O)C1CCCCC1. The van der Waals surface area contributed by atoms with Crippen molar-refractivity contribution in [1.29, 1.82) is 0 Å². The number of nitrogens with two attached hydrogens (primary N) is 1. The molecule has 0 aromatic heterocycles. The van der Waals surface area contributed by atoms with Crippen LogP contribution in [0.3, 0.4) is 0 Å². The first-order valence-corrected chi connectivity index (χ1v) is 13.6. The topological polar surface area (TPSA) is 114 Å². The molecule has 0 bridgehead atoms. The first-order valence-electron chi connectivity index (χ1n) is 13.6. The summed E-state index contributed by atoms with van der Waals surface area (Å²) in [6.45, 7) is 6.02. The Bertz CT molecular complexity index is 1050. The highest BCUT2D eigenvalue weighted by Gasteiger charge is 2.36. The summed E-state index contributed by atoms with van der Waals surface area (Å²) in [5.74, 6) is -0.0257. The van der Waals surface area contributed by atoms with Gasteiger partial charge in [-0.15, -0.1) is 0 Å². The molecule has 8 heteroatoms. The lowest BCUT2D eigenvalue weighted by Crippen LogP contribution is -2.63. The molecule has 3 rings (SSSR count). The van der Waals surface area contributed by atoms with Gasteiger partial charge in [0.15, 0.2) is 0 Å². The summed E-state index contributed by atoms with van der Waals surface area (Å²) in [5.41, 5.74) is 11.2. The van der Waals surface area contributed by atoms with Crippen molar-refractivity contribution in [3.8, 4) is 0 Å². The fourth-order valence-corrected chi connectivity index (χ4v) is 5.12. The van der Waals surface area contributed by atoms with Crippen LogP contribution in [0.2, 0.25) is 0 Å². The van der Waals surface area contributed by atoms with Gasteiger partial charge < -0.3 is 20.9 Å². The number of anilines is 1. The van der Waals surface area contributed by atoms with E-state index in [2.05, 4.69) is 10.7 Å². The van der Waals surface area contributed by atoms with Crippen molar-refractivity contribution in [2.75, 3.05) is 19.3 Å². The van der Waals surface area contributed by atoms with Crippen molar-refractivity contribution in [1.82, 2.24) is 10.7 Å². The summed E-state index contributed by atoms with van der Waals surface area (Å²) < 4.78 is 5.56. The summed E-state index contributed by atoms with van der Waals surface area (Å²) >= 11 is 0. The Hall–Kier alpha value is -3.10. The third kappa shape index (κ3) is 9.65. The van der Waals surface area contributed by atoms with Gasteiger partial charge in [0, 0.05) is 17.2 Å².